The van der Waals surface area contributed by atoms with E-state index in [2.05, 4.69) is 4.90 Å². The lowest BCUT2D eigenvalue weighted by Crippen LogP contribution is -2.21. The Morgan fingerprint density at radius 1 is 1.33 bits per heavy atom. The summed E-state index contributed by atoms with van der Waals surface area (Å²) in [5, 5.41) is 0. The van der Waals surface area contributed by atoms with Crippen LogP contribution in [0.4, 0.5) is 11.4 Å². The standard InChI is InChI=1S/C11H18N2O2/c1-13(6-7-14-2)9-4-5-10(12)11(8-9)15-3/h4-5,8H,6-7,12H2,1-3H3. The molecule has 0 spiro atoms. The minimum atomic E-state index is 0.654. The summed E-state index contributed by atoms with van der Waals surface area (Å²) < 4.78 is 10.2. The van der Waals surface area contributed by atoms with Crippen LogP contribution in [-0.2, 0) is 4.74 Å². The van der Waals surface area contributed by atoms with Crippen LogP contribution in [0.1, 0.15) is 0 Å². The van der Waals surface area contributed by atoms with Gasteiger partial charge in [0.25, 0.3) is 0 Å². The van der Waals surface area contributed by atoms with Gasteiger partial charge in [-0.25, -0.2) is 0 Å². The van der Waals surface area contributed by atoms with Gasteiger partial charge in [0, 0.05) is 32.5 Å². The van der Waals surface area contributed by atoms with Crippen LogP contribution in [-0.4, -0.2) is 34.4 Å². The third-order valence-electron chi connectivity index (χ3n) is 2.29. The third-order valence-corrected chi connectivity index (χ3v) is 2.29. The molecule has 0 amide bonds. The third kappa shape index (κ3) is 3.02. The van der Waals surface area contributed by atoms with E-state index in [4.69, 9.17) is 15.2 Å². The monoisotopic (exact) mass is 210 g/mol. The summed E-state index contributed by atoms with van der Waals surface area (Å²) in [6.07, 6.45) is 0. The van der Waals surface area contributed by atoms with Gasteiger partial charge in [-0.1, -0.05) is 0 Å². The van der Waals surface area contributed by atoms with Gasteiger partial charge >= 0.3 is 0 Å². The normalized spacial score (nSPS) is 10.1. The van der Waals surface area contributed by atoms with Crippen LogP contribution in [0.5, 0.6) is 5.75 Å². The number of benzene rings is 1. The van der Waals surface area contributed by atoms with Crippen molar-refractivity contribution in [2.24, 2.45) is 0 Å². The molecule has 0 fully saturated rings. The lowest BCUT2D eigenvalue weighted by Gasteiger charge is -2.19. The Bertz CT molecular complexity index is 315. The van der Waals surface area contributed by atoms with Crippen molar-refractivity contribution in [1.29, 1.82) is 0 Å². The Kier molecular flexibility index (Phi) is 4.24. The van der Waals surface area contributed by atoms with Gasteiger partial charge in [0.15, 0.2) is 0 Å². The molecule has 2 N–H and O–H groups in total. The van der Waals surface area contributed by atoms with Gasteiger partial charge in [-0.15, -0.1) is 0 Å². The average Bonchev–Trinajstić information content (AvgIpc) is 2.26. The molecule has 0 heterocycles. The first-order valence-electron chi connectivity index (χ1n) is 4.82. The predicted octanol–water partition coefficient (Wildman–Crippen LogP) is 1.36. The number of rotatable bonds is 5. The van der Waals surface area contributed by atoms with Crippen molar-refractivity contribution in [3.05, 3.63) is 18.2 Å². The van der Waals surface area contributed by atoms with Gasteiger partial charge in [-0.2, -0.15) is 0 Å². The number of nitrogens with two attached hydrogens (primary N) is 1. The summed E-state index contributed by atoms with van der Waals surface area (Å²) in [5.74, 6) is 0.705. The van der Waals surface area contributed by atoms with E-state index in [-0.39, 0.29) is 0 Å². The molecule has 1 aromatic carbocycles. The first kappa shape index (κ1) is 11.7. The molecule has 4 nitrogen and oxygen atoms in total. The molecule has 0 aromatic heterocycles. The molecule has 1 rings (SSSR count). The Morgan fingerprint density at radius 3 is 2.67 bits per heavy atom. The van der Waals surface area contributed by atoms with Crippen LogP contribution in [0.3, 0.4) is 0 Å². The van der Waals surface area contributed by atoms with Crippen LogP contribution < -0.4 is 15.4 Å². The van der Waals surface area contributed by atoms with E-state index >= 15 is 0 Å². The maximum absolute atomic E-state index is 5.73. The molecule has 15 heavy (non-hydrogen) atoms. The lowest BCUT2D eigenvalue weighted by atomic mass is 10.2. The second-order valence-corrected chi connectivity index (χ2v) is 3.34. The van der Waals surface area contributed by atoms with Crippen LogP contribution >= 0.6 is 0 Å². The first-order valence-corrected chi connectivity index (χ1v) is 4.82. The highest BCUT2D eigenvalue weighted by molar-refractivity contribution is 5.62. The molecule has 84 valence electrons. The van der Waals surface area contributed by atoms with Crippen molar-refractivity contribution >= 4 is 11.4 Å². The fourth-order valence-corrected chi connectivity index (χ4v) is 1.29. The van der Waals surface area contributed by atoms with E-state index in [1.54, 1.807) is 14.2 Å². The summed E-state index contributed by atoms with van der Waals surface area (Å²) in [4.78, 5) is 2.09. The molecule has 1 aromatic rings. The fourth-order valence-electron chi connectivity index (χ4n) is 1.29. The van der Waals surface area contributed by atoms with Crippen LogP contribution in [0.25, 0.3) is 0 Å². The zero-order chi connectivity index (χ0) is 11.3. The van der Waals surface area contributed by atoms with Crippen molar-refractivity contribution in [2.45, 2.75) is 0 Å². The van der Waals surface area contributed by atoms with Gasteiger partial charge in [-0.05, 0) is 12.1 Å². The minimum absolute atomic E-state index is 0.654. The molecule has 0 radical (unpaired) electrons. The topological polar surface area (TPSA) is 47.7 Å². The zero-order valence-electron chi connectivity index (χ0n) is 9.49. The number of nitrogen functional groups attached to an aromatic ring is 1. The van der Waals surface area contributed by atoms with Gasteiger partial charge in [-0.3, -0.25) is 0 Å². The zero-order valence-corrected chi connectivity index (χ0v) is 9.49. The Balaban J connectivity index is 2.76. The molecule has 0 aliphatic rings. The van der Waals surface area contributed by atoms with Gasteiger partial charge in [0.1, 0.15) is 5.75 Å². The molecule has 0 aliphatic carbocycles. The van der Waals surface area contributed by atoms with Gasteiger partial charge in [0.05, 0.1) is 19.4 Å². The van der Waals surface area contributed by atoms with Crippen LogP contribution in [0.15, 0.2) is 18.2 Å². The van der Waals surface area contributed by atoms with Crippen LogP contribution in [0, 0.1) is 0 Å². The smallest absolute Gasteiger partial charge is 0.143 e. The minimum Gasteiger partial charge on any atom is -0.495 e. The number of ether oxygens (including phenoxy) is 2. The molecule has 0 atom stereocenters. The highest BCUT2D eigenvalue weighted by Gasteiger charge is 2.04. The summed E-state index contributed by atoms with van der Waals surface area (Å²) in [5.41, 5.74) is 7.45. The maximum Gasteiger partial charge on any atom is 0.143 e. The summed E-state index contributed by atoms with van der Waals surface area (Å²) >= 11 is 0. The van der Waals surface area contributed by atoms with Crippen molar-refractivity contribution in [2.75, 3.05) is 45.1 Å². The van der Waals surface area contributed by atoms with E-state index in [9.17, 15) is 0 Å². The van der Waals surface area contributed by atoms with Crippen LogP contribution in [0.2, 0.25) is 0 Å². The van der Waals surface area contributed by atoms with E-state index in [0.29, 0.717) is 18.0 Å². The lowest BCUT2D eigenvalue weighted by molar-refractivity contribution is 0.206. The van der Waals surface area contributed by atoms with Gasteiger partial charge in [0.2, 0.25) is 0 Å². The van der Waals surface area contributed by atoms with E-state index in [0.717, 1.165) is 12.2 Å². The number of nitrogens with zero attached hydrogens (tertiary/aromatic N) is 1. The predicted molar refractivity (Wildman–Crippen MR) is 62.6 cm³/mol. The van der Waals surface area contributed by atoms with E-state index in [1.807, 2.05) is 25.2 Å². The number of hydrogen-bond donors (Lipinski definition) is 1. The quantitative estimate of drug-likeness (QED) is 0.745. The molecule has 0 saturated carbocycles. The molecular weight excluding hydrogens is 192 g/mol. The van der Waals surface area contributed by atoms with Crippen molar-refractivity contribution in [3.8, 4) is 5.75 Å². The molecular formula is C11H18N2O2. The average molecular weight is 210 g/mol. The van der Waals surface area contributed by atoms with Crippen molar-refractivity contribution in [1.82, 2.24) is 0 Å². The highest BCUT2D eigenvalue weighted by Crippen LogP contribution is 2.26. The summed E-state index contributed by atoms with van der Waals surface area (Å²) in [7, 11) is 5.31. The number of likely N-dealkylation sites (N-methyl/N-ethyl adjacent to an activating group) is 1. The largest absolute Gasteiger partial charge is 0.495 e. The number of hydrogen-bond acceptors (Lipinski definition) is 4. The molecule has 0 unspecified atom stereocenters. The molecule has 4 heteroatoms. The highest BCUT2D eigenvalue weighted by atomic mass is 16.5. The molecule has 0 bridgehead atoms. The number of methoxy groups -OCH3 is 2. The van der Waals surface area contributed by atoms with Gasteiger partial charge < -0.3 is 20.1 Å². The van der Waals surface area contributed by atoms with Crippen molar-refractivity contribution in [3.63, 3.8) is 0 Å². The Labute approximate surface area is 90.6 Å². The fraction of sp³-hybridized carbons (Fsp3) is 0.455. The Hall–Kier alpha value is -1.42. The summed E-state index contributed by atoms with van der Waals surface area (Å²) in [6.45, 7) is 1.53. The SMILES string of the molecule is COCCN(C)c1ccc(N)c(OC)c1. The van der Waals surface area contributed by atoms with E-state index < -0.39 is 0 Å². The molecule has 0 aliphatic heterocycles. The maximum atomic E-state index is 5.73. The molecule has 0 saturated heterocycles. The first-order chi connectivity index (χ1) is 7.19. The second kappa shape index (κ2) is 5.46. The Morgan fingerprint density at radius 2 is 2.07 bits per heavy atom. The number of anilines is 2. The van der Waals surface area contributed by atoms with E-state index in [1.165, 1.54) is 0 Å². The second-order valence-electron chi connectivity index (χ2n) is 3.34. The van der Waals surface area contributed by atoms with Crippen molar-refractivity contribution < 1.29 is 9.47 Å². The summed E-state index contributed by atoms with van der Waals surface area (Å²) in [6, 6.07) is 5.73.